The van der Waals surface area contributed by atoms with Gasteiger partial charge in [0.05, 0.1) is 0 Å². The topological polar surface area (TPSA) is 47.3 Å². The summed E-state index contributed by atoms with van der Waals surface area (Å²) in [5.41, 5.74) is 7.40. The number of benzene rings is 2. The van der Waals surface area contributed by atoms with Gasteiger partial charge < -0.3 is 15.8 Å². The van der Waals surface area contributed by atoms with Gasteiger partial charge in [-0.2, -0.15) is 0 Å². The minimum Gasteiger partial charge on any atom is -0.489 e. The molecule has 0 spiro atoms. The highest BCUT2D eigenvalue weighted by molar-refractivity contribution is 5.48. The number of nitrogens with one attached hydrogen (secondary N) is 1. The highest BCUT2D eigenvalue weighted by Gasteiger charge is 1.98. The van der Waals surface area contributed by atoms with Crippen LogP contribution in [0.1, 0.15) is 12.0 Å². The van der Waals surface area contributed by atoms with Crippen molar-refractivity contribution in [2.75, 3.05) is 18.4 Å². The second kappa shape index (κ2) is 7.50. The average Bonchev–Trinajstić information content (AvgIpc) is 2.47. The summed E-state index contributed by atoms with van der Waals surface area (Å²) in [5.74, 6) is 0.548. The molecule has 0 saturated carbocycles. The first-order valence-electron chi connectivity index (χ1n) is 6.69. The van der Waals surface area contributed by atoms with Gasteiger partial charge in [-0.1, -0.05) is 18.2 Å². The van der Waals surface area contributed by atoms with Gasteiger partial charge in [-0.05, 0) is 42.8 Å². The Kier molecular flexibility index (Phi) is 5.38. The molecule has 2 aromatic rings. The van der Waals surface area contributed by atoms with Gasteiger partial charge in [0.15, 0.2) is 0 Å². The van der Waals surface area contributed by atoms with Crippen LogP contribution in [-0.4, -0.2) is 13.1 Å². The van der Waals surface area contributed by atoms with E-state index in [0.29, 0.717) is 13.2 Å². The summed E-state index contributed by atoms with van der Waals surface area (Å²) in [6.45, 7) is 1.94. The van der Waals surface area contributed by atoms with E-state index in [1.807, 2.05) is 24.3 Å². The Balaban J connectivity index is 1.89. The second-order valence-electron chi connectivity index (χ2n) is 4.51. The molecule has 0 amide bonds. The minimum absolute atomic E-state index is 0.236. The van der Waals surface area contributed by atoms with E-state index in [-0.39, 0.29) is 5.82 Å². The minimum atomic E-state index is -0.236. The van der Waals surface area contributed by atoms with Crippen molar-refractivity contribution < 1.29 is 9.13 Å². The van der Waals surface area contributed by atoms with Gasteiger partial charge in [-0.15, -0.1) is 0 Å². The molecule has 0 unspecified atom stereocenters. The standard InChI is InChI=1S/C16H19FN2O/c17-14-7-5-13(6-8-14)12-20-16-4-1-3-15(11-16)19-10-2-9-18/h1,3-8,11,19H,2,9-10,12,18H2. The maximum Gasteiger partial charge on any atom is 0.123 e. The lowest BCUT2D eigenvalue weighted by Gasteiger charge is -2.09. The molecule has 3 nitrogen and oxygen atoms in total. The van der Waals surface area contributed by atoms with Gasteiger partial charge in [-0.25, -0.2) is 4.39 Å². The maximum absolute atomic E-state index is 12.8. The number of rotatable bonds is 7. The molecule has 3 N–H and O–H groups in total. The van der Waals surface area contributed by atoms with Crippen molar-refractivity contribution in [3.8, 4) is 5.75 Å². The van der Waals surface area contributed by atoms with E-state index in [1.54, 1.807) is 12.1 Å². The van der Waals surface area contributed by atoms with Crippen LogP contribution in [0.4, 0.5) is 10.1 Å². The molecule has 4 heteroatoms. The molecule has 0 fully saturated rings. The van der Waals surface area contributed by atoms with E-state index in [1.165, 1.54) is 12.1 Å². The van der Waals surface area contributed by atoms with Gasteiger partial charge in [0.2, 0.25) is 0 Å². The lowest BCUT2D eigenvalue weighted by atomic mass is 10.2. The Labute approximate surface area is 118 Å². The third kappa shape index (κ3) is 4.55. The number of hydrogen-bond donors (Lipinski definition) is 2. The Morgan fingerprint density at radius 3 is 2.65 bits per heavy atom. The number of anilines is 1. The Morgan fingerprint density at radius 1 is 1.10 bits per heavy atom. The zero-order chi connectivity index (χ0) is 14.2. The zero-order valence-corrected chi connectivity index (χ0v) is 11.3. The van der Waals surface area contributed by atoms with E-state index in [0.717, 1.165) is 30.0 Å². The van der Waals surface area contributed by atoms with Gasteiger partial charge in [0.25, 0.3) is 0 Å². The van der Waals surface area contributed by atoms with Crippen molar-refractivity contribution in [3.63, 3.8) is 0 Å². The van der Waals surface area contributed by atoms with E-state index in [9.17, 15) is 4.39 Å². The highest BCUT2D eigenvalue weighted by atomic mass is 19.1. The highest BCUT2D eigenvalue weighted by Crippen LogP contribution is 2.18. The molecule has 106 valence electrons. The van der Waals surface area contributed by atoms with Crippen molar-refractivity contribution in [1.82, 2.24) is 0 Å². The predicted octanol–water partition coefficient (Wildman–Crippen LogP) is 3.17. The monoisotopic (exact) mass is 274 g/mol. The molecule has 20 heavy (non-hydrogen) atoms. The smallest absolute Gasteiger partial charge is 0.123 e. The third-order valence-electron chi connectivity index (χ3n) is 2.86. The van der Waals surface area contributed by atoms with E-state index >= 15 is 0 Å². The molecule has 0 saturated heterocycles. The average molecular weight is 274 g/mol. The summed E-state index contributed by atoms with van der Waals surface area (Å²) >= 11 is 0. The predicted molar refractivity (Wildman–Crippen MR) is 79.3 cm³/mol. The van der Waals surface area contributed by atoms with Crippen LogP contribution in [0.15, 0.2) is 48.5 Å². The fraction of sp³-hybridized carbons (Fsp3) is 0.250. The summed E-state index contributed by atoms with van der Waals surface area (Å²) in [5, 5.41) is 3.28. The molecule has 0 aliphatic heterocycles. The quantitative estimate of drug-likeness (QED) is 0.762. The summed E-state index contributed by atoms with van der Waals surface area (Å²) < 4.78 is 18.5. The van der Waals surface area contributed by atoms with Crippen LogP contribution in [0.3, 0.4) is 0 Å². The summed E-state index contributed by atoms with van der Waals surface area (Å²) in [6, 6.07) is 14.1. The van der Waals surface area contributed by atoms with Gasteiger partial charge >= 0.3 is 0 Å². The van der Waals surface area contributed by atoms with E-state index in [4.69, 9.17) is 10.5 Å². The van der Waals surface area contributed by atoms with Crippen molar-refractivity contribution in [1.29, 1.82) is 0 Å². The normalized spacial score (nSPS) is 10.3. The fourth-order valence-corrected chi connectivity index (χ4v) is 1.78. The molecule has 0 aliphatic carbocycles. The van der Waals surface area contributed by atoms with Crippen LogP contribution in [-0.2, 0) is 6.61 Å². The molecule has 0 radical (unpaired) electrons. The first-order valence-corrected chi connectivity index (χ1v) is 6.69. The number of hydrogen-bond acceptors (Lipinski definition) is 3. The van der Waals surface area contributed by atoms with Crippen molar-refractivity contribution in [2.45, 2.75) is 13.0 Å². The number of nitrogens with two attached hydrogens (primary N) is 1. The van der Waals surface area contributed by atoms with Gasteiger partial charge in [0, 0.05) is 18.3 Å². The molecule has 0 atom stereocenters. The number of halogens is 1. The molecule has 0 bridgehead atoms. The molecule has 2 rings (SSSR count). The van der Waals surface area contributed by atoms with Gasteiger partial charge in [-0.3, -0.25) is 0 Å². The second-order valence-corrected chi connectivity index (χ2v) is 4.51. The largest absolute Gasteiger partial charge is 0.489 e. The third-order valence-corrected chi connectivity index (χ3v) is 2.86. The van der Waals surface area contributed by atoms with Crippen LogP contribution in [0.2, 0.25) is 0 Å². The van der Waals surface area contributed by atoms with Crippen molar-refractivity contribution >= 4 is 5.69 Å². The SMILES string of the molecule is NCCCNc1cccc(OCc2ccc(F)cc2)c1. The van der Waals surface area contributed by atoms with E-state index in [2.05, 4.69) is 5.32 Å². The Morgan fingerprint density at radius 2 is 1.90 bits per heavy atom. The lowest BCUT2D eigenvalue weighted by Crippen LogP contribution is -2.08. The molecule has 0 aliphatic rings. The molecular formula is C16H19FN2O. The van der Waals surface area contributed by atoms with E-state index < -0.39 is 0 Å². The molecule has 0 heterocycles. The Hall–Kier alpha value is -2.07. The first-order chi connectivity index (χ1) is 9.78. The Bertz CT molecular complexity index is 528. The first kappa shape index (κ1) is 14.3. The van der Waals surface area contributed by atoms with Gasteiger partial charge in [0.1, 0.15) is 18.2 Å². The van der Waals surface area contributed by atoms with Crippen molar-refractivity contribution in [3.05, 3.63) is 59.9 Å². The number of ether oxygens (including phenoxy) is 1. The van der Waals surface area contributed by atoms with Crippen molar-refractivity contribution in [2.24, 2.45) is 5.73 Å². The van der Waals surface area contributed by atoms with Crippen LogP contribution in [0.5, 0.6) is 5.75 Å². The summed E-state index contributed by atoms with van der Waals surface area (Å²) in [4.78, 5) is 0. The van der Waals surface area contributed by atoms with Crippen LogP contribution in [0, 0.1) is 5.82 Å². The van der Waals surface area contributed by atoms with Crippen LogP contribution in [0.25, 0.3) is 0 Å². The lowest BCUT2D eigenvalue weighted by molar-refractivity contribution is 0.306. The molecule has 0 aromatic heterocycles. The molecule has 2 aromatic carbocycles. The summed E-state index contributed by atoms with van der Waals surface area (Å²) in [7, 11) is 0. The summed E-state index contributed by atoms with van der Waals surface area (Å²) in [6.07, 6.45) is 0.931. The van der Waals surface area contributed by atoms with Crippen LogP contribution < -0.4 is 15.8 Å². The maximum atomic E-state index is 12.8. The zero-order valence-electron chi connectivity index (χ0n) is 11.3. The molecular weight excluding hydrogens is 255 g/mol. The van der Waals surface area contributed by atoms with Crippen LogP contribution >= 0.6 is 0 Å². The fourth-order valence-electron chi connectivity index (χ4n) is 1.78.